The number of rotatable bonds is 8. The van der Waals surface area contributed by atoms with Crippen LogP contribution in [0.25, 0.3) is 0 Å². The minimum absolute atomic E-state index is 0.0612. The molecule has 242 valence electrons. The molecule has 0 aliphatic heterocycles. The number of hydrogen-bond donors (Lipinski definition) is 2. The Morgan fingerprint density at radius 3 is 1.20 bits per heavy atom. The van der Waals surface area contributed by atoms with Crippen LogP contribution in [0.1, 0.15) is 40.1 Å². The van der Waals surface area contributed by atoms with Crippen molar-refractivity contribution in [3.05, 3.63) is 120 Å². The van der Waals surface area contributed by atoms with E-state index in [2.05, 4.69) is 0 Å². The molecule has 2 aromatic heterocycles. The van der Waals surface area contributed by atoms with Gasteiger partial charge >= 0.3 is 0 Å². The van der Waals surface area contributed by atoms with Gasteiger partial charge in [0.05, 0.1) is 9.79 Å². The van der Waals surface area contributed by atoms with Gasteiger partial charge in [-0.25, -0.2) is 26.0 Å². The summed E-state index contributed by atoms with van der Waals surface area (Å²) in [5.41, 5.74) is 2.32. The van der Waals surface area contributed by atoms with Gasteiger partial charge in [0.25, 0.3) is 0 Å². The molecule has 14 heteroatoms. The molecule has 45 heavy (non-hydrogen) atoms. The lowest BCUT2D eigenvalue weighted by Gasteiger charge is -2.05. The maximum absolute atomic E-state index is 10.9. The molecule has 0 aliphatic rings. The summed E-state index contributed by atoms with van der Waals surface area (Å²) in [6, 6.07) is 20.0. The summed E-state index contributed by atoms with van der Waals surface area (Å²) in [5.74, 6) is 0.122. The van der Waals surface area contributed by atoms with E-state index in [0.717, 1.165) is 5.56 Å². The Morgan fingerprint density at radius 2 is 0.933 bits per heavy atom. The van der Waals surface area contributed by atoms with Crippen molar-refractivity contribution in [1.82, 2.24) is 0 Å². The molecule has 0 fully saturated rings. The molecule has 0 unspecified atom stereocenters. The van der Waals surface area contributed by atoms with E-state index in [1.165, 1.54) is 50.2 Å². The van der Waals surface area contributed by atoms with Crippen molar-refractivity contribution in [3.63, 3.8) is 0 Å². The molecule has 0 saturated heterocycles. The first-order chi connectivity index (χ1) is 21.1. The smallest absolute Gasteiger partial charge is 0.171 e. The SMILES string of the molecule is CC(=O)c1cc[n+](CCO)cc1.CC(=O)c1cc[n+](CCO)cc1.Cc1ccc(S(=O)(=O)[O-])cc1.O=S(=O)([O-])c1ccccc1. The highest BCUT2D eigenvalue weighted by Crippen LogP contribution is 2.08. The number of ketones is 2. The molecule has 0 amide bonds. The minimum atomic E-state index is -4.27. The van der Waals surface area contributed by atoms with Gasteiger partial charge in [-0.1, -0.05) is 35.9 Å². The molecule has 2 aromatic carbocycles. The van der Waals surface area contributed by atoms with Crippen LogP contribution in [0.4, 0.5) is 0 Å². The highest BCUT2D eigenvalue weighted by Gasteiger charge is 2.03. The lowest BCUT2D eigenvalue weighted by molar-refractivity contribution is -0.698. The number of nitrogens with zero attached hydrogens (tertiary/aromatic N) is 2. The fourth-order valence-electron chi connectivity index (χ4n) is 3.21. The number of hydrogen-bond acceptors (Lipinski definition) is 10. The normalized spacial score (nSPS) is 10.6. The predicted molar refractivity (Wildman–Crippen MR) is 161 cm³/mol. The Bertz CT molecular complexity index is 1630. The number of aromatic nitrogens is 2. The van der Waals surface area contributed by atoms with Crippen LogP contribution in [0.3, 0.4) is 0 Å². The lowest BCUT2D eigenvalue weighted by Crippen LogP contribution is -2.34. The first-order valence-corrected chi connectivity index (χ1v) is 16.2. The average molecular weight is 661 g/mol. The van der Waals surface area contributed by atoms with Crippen molar-refractivity contribution >= 4 is 31.8 Å². The summed E-state index contributed by atoms with van der Waals surface area (Å²) in [6.07, 6.45) is 7.14. The highest BCUT2D eigenvalue weighted by atomic mass is 32.2. The van der Waals surface area contributed by atoms with Gasteiger partial charge in [-0.15, -0.1) is 0 Å². The molecule has 0 saturated carbocycles. The fourth-order valence-corrected chi connectivity index (χ4v) is 4.17. The van der Waals surface area contributed by atoms with Crippen molar-refractivity contribution in [2.75, 3.05) is 13.2 Å². The maximum Gasteiger partial charge on any atom is 0.171 e. The fraction of sp³-hybridized carbons (Fsp3) is 0.226. The number of aliphatic hydroxyl groups is 2. The van der Waals surface area contributed by atoms with Gasteiger partial charge in [0.2, 0.25) is 0 Å². The van der Waals surface area contributed by atoms with E-state index in [0.29, 0.717) is 24.2 Å². The highest BCUT2D eigenvalue weighted by molar-refractivity contribution is 7.86. The van der Waals surface area contributed by atoms with Gasteiger partial charge in [0.1, 0.15) is 33.5 Å². The zero-order valence-electron chi connectivity index (χ0n) is 25.0. The number of aliphatic hydroxyl groups excluding tert-OH is 2. The van der Waals surface area contributed by atoms with Gasteiger partial charge in [0.15, 0.2) is 49.4 Å². The van der Waals surface area contributed by atoms with Gasteiger partial charge in [-0.2, -0.15) is 0 Å². The molecule has 12 nitrogen and oxygen atoms in total. The molecule has 0 radical (unpaired) electrons. The maximum atomic E-state index is 10.9. The Labute approximate surface area is 263 Å². The Balaban J connectivity index is 0.000000301. The molecule has 4 aromatic rings. The van der Waals surface area contributed by atoms with Crippen molar-refractivity contribution in [2.24, 2.45) is 0 Å². The van der Waals surface area contributed by atoms with E-state index < -0.39 is 20.2 Å². The van der Waals surface area contributed by atoms with Crippen molar-refractivity contribution in [3.8, 4) is 0 Å². The van der Waals surface area contributed by atoms with E-state index in [-0.39, 0.29) is 34.6 Å². The summed E-state index contributed by atoms with van der Waals surface area (Å²) >= 11 is 0. The van der Waals surface area contributed by atoms with E-state index in [1.54, 1.807) is 67.3 Å². The van der Waals surface area contributed by atoms with Crippen LogP contribution in [0.2, 0.25) is 0 Å². The van der Waals surface area contributed by atoms with Crippen LogP contribution in [0, 0.1) is 6.92 Å². The number of benzene rings is 2. The van der Waals surface area contributed by atoms with Crippen LogP contribution in [0.15, 0.2) is 113 Å². The minimum Gasteiger partial charge on any atom is -0.744 e. The van der Waals surface area contributed by atoms with Gasteiger partial charge in [-0.3, -0.25) is 9.59 Å². The molecule has 0 bridgehead atoms. The van der Waals surface area contributed by atoms with E-state index in [9.17, 15) is 35.5 Å². The number of carbonyl (C=O) groups excluding carboxylic acids is 2. The van der Waals surface area contributed by atoms with Crippen molar-refractivity contribution in [1.29, 1.82) is 0 Å². The van der Waals surface area contributed by atoms with Crippen LogP contribution in [-0.4, -0.2) is 60.9 Å². The van der Waals surface area contributed by atoms with Crippen LogP contribution in [0.5, 0.6) is 0 Å². The molecule has 0 atom stereocenters. The quantitative estimate of drug-likeness (QED) is 0.160. The predicted octanol–water partition coefficient (Wildman–Crippen LogP) is 1.83. The summed E-state index contributed by atoms with van der Waals surface area (Å²) < 4.78 is 65.6. The van der Waals surface area contributed by atoms with E-state index in [4.69, 9.17) is 10.2 Å². The van der Waals surface area contributed by atoms with Crippen LogP contribution < -0.4 is 9.13 Å². The van der Waals surface area contributed by atoms with Crippen molar-refractivity contribution in [2.45, 2.75) is 43.7 Å². The topological polar surface area (TPSA) is 197 Å². The Morgan fingerprint density at radius 1 is 0.600 bits per heavy atom. The molecule has 2 N–H and O–H groups in total. The molecule has 0 aliphatic carbocycles. The van der Waals surface area contributed by atoms with Gasteiger partial charge in [-0.05, 0) is 45.0 Å². The second-order valence-electron chi connectivity index (χ2n) is 9.24. The van der Waals surface area contributed by atoms with E-state index >= 15 is 0 Å². The number of carbonyl (C=O) groups is 2. The van der Waals surface area contributed by atoms with E-state index in [1.807, 2.05) is 16.1 Å². The van der Waals surface area contributed by atoms with Crippen molar-refractivity contribution < 1.29 is 54.9 Å². The Hall–Kier alpha value is -4.18. The summed E-state index contributed by atoms with van der Waals surface area (Å²) in [7, 11) is -8.52. The lowest BCUT2D eigenvalue weighted by atomic mass is 10.2. The largest absolute Gasteiger partial charge is 0.744 e. The molecular weight excluding hydrogens is 624 g/mol. The van der Waals surface area contributed by atoms with Gasteiger partial charge < -0.3 is 19.3 Å². The monoisotopic (exact) mass is 660 g/mol. The average Bonchev–Trinajstić information content (AvgIpc) is 2.99. The zero-order valence-corrected chi connectivity index (χ0v) is 26.6. The summed E-state index contributed by atoms with van der Waals surface area (Å²) in [4.78, 5) is 21.3. The molecular formula is C31H36N2O10S2. The second-order valence-corrected chi connectivity index (χ2v) is 12.0. The molecule has 0 spiro atoms. The van der Waals surface area contributed by atoms with Crippen LogP contribution in [-0.2, 0) is 33.3 Å². The van der Waals surface area contributed by atoms with Gasteiger partial charge in [0, 0.05) is 35.4 Å². The number of Topliss-reactive ketones (excluding diaryl/α,β-unsaturated/α-hetero) is 2. The number of pyridine rings is 2. The van der Waals surface area contributed by atoms with Crippen LogP contribution >= 0.6 is 0 Å². The first kappa shape index (κ1) is 38.8. The third-order valence-corrected chi connectivity index (χ3v) is 7.35. The third kappa shape index (κ3) is 15.9. The number of aryl methyl sites for hydroxylation is 1. The second kappa shape index (κ2) is 19.3. The zero-order chi connectivity index (χ0) is 34.0. The summed E-state index contributed by atoms with van der Waals surface area (Å²) in [6.45, 7) is 6.25. The standard InChI is InChI=1S/2C9H12NO2.C7H8O3S.C6H6O3S/c2*1-8(12)9-2-4-10(5-3-9)6-7-11;1-6-2-4-7(5-3-6)11(8,9)10;7-10(8,9)6-4-2-1-3-5-6/h2*2-5,11H,6-7H2,1H3;2-5H,1H3,(H,8,9,10);1-5H,(H,7,8,9)/q2*+1;;/p-2. The first-order valence-electron chi connectivity index (χ1n) is 13.3. The Kier molecular flexibility index (Phi) is 16.6. The third-order valence-electron chi connectivity index (χ3n) is 5.65. The molecule has 4 rings (SSSR count). The molecule has 2 heterocycles. The summed E-state index contributed by atoms with van der Waals surface area (Å²) in [5, 5.41) is 17.2.